The largest absolute Gasteiger partial charge is 0.545 e. The predicted molar refractivity (Wildman–Crippen MR) is 78.2 cm³/mol. The van der Waals surface area contributed by atoms with Crippen molar-refractivity contribution in [3.63, 3.8) is 0 Å². The predicted octanol–water partition coefficient (Wildman–Crippen LogP) is 2.17. The minimum Gasteiger partial charge on any atom is -0.545 e. The minimum absolute atomic E-state index is 0.00658. The number of fused-ring (bicyclic) bond motifs is 1. The van der Waals surface area contributed by atoms with Crippen molar-refractivity contribution in [2.24, 2.45) is 0 Å². The van der Waals surface area contributed by atoms with E-state index in [2.05, 4.69) is 4.98 Å². The second kappa shape index (κ2) is 5.25. The highest BCUT2D eigenvalue weighted by Gasteiger charge is 2.11. The summed E-state index contributed by atoms with van der Waals surface area (Å²) in [5, 5.41) is 22.6. The number of carbonyl (C=O) groups excluding carboxylic acids is 1. The number of hydrogen-bond donors (Lipinski definition) is 0. The average molecular weight is 293 g/mol. The Bertz CT molecular complexity index is 906. The van der Waals surface area contributed by atoms with Gasteiger partial charge in [0, 0.05) is 28.6 Å². The molecule has 6 nitrogen and oxygen atoms in total. The van der Waals surface area contributed by atoms with E-state index in [-0.39, 0.29) is 11.3 Å². The standard InChI is InChI=1S/C16H10N2O4/c19-16(20)13-9-15(17-14-7-2-1-6-12(13)14)10-4-3-5-11(8-10)18(21)22/h1-9H,(H,19,20)/p-1. The number of aromatic nitrogens is 1. The Hall–Kier alpha value is -3.28. The number of carboxylic acids is 1. The summed E-state index contributed by atoms with van der Waals surface area (Å²) in [6.07, 6.45) is 0. The summed E-state index contributed by atoms with van der Waals surface area (Å²) in [5.74, 6) is -1.31. The average Bonchev–Trinajstić information content (AvgIpc) is 2.53. The van der Waals surface area contributed by atoms with Crippen LogP contribution in [-0.2, 0) is 0 Å². The van der Waals surface area contributed by atoms with Gasteiger partial charge in [0.25, 0.3) is 5.69 Å². The van der Waals surface area contributed by atoms with Gasteiger partial charge < -0.3 is 9.90 Å². The zero-order valence-corrected chi connectivity index (χ0v) is 11.2. The van der Waals surface area contributed by atoms with Crippen LogP contribution < -0.4 is 5.11 Å². The molecule has 0 aliphatic carbocycles. The van der Waals surface area contributed by atoms with E-state index in [1.54, 1.807) is 30.3 Å². The number of nitro groups is 1. The van der Waals surface area contributed by atoms with E-state index in [1.165, 1.54) is 24.3 Å². The van der Waals surface area contributed by atoms with Gasteiger partial charge in [-0.2, -0.15) is 0 Å². The molecule has 108 valence electrons. The van der Waals surface area contributed by atoms with Crippen LogP contribution in [0.15, 0.2) is 54.6 Å². The van der Waals surface area contributed by atoms with Crippen LogP contribution >= 0.6 is 0 Å². The van der Waals surface area contributed by atoms with Crippen LogP contribution in [0.3, 0.4) is 0 Å². The van der Waals surface area contributed by atoms with Crippen LogP contribution in [0.4, 0.5) is 5.69 Å². The number of carboxylic acid groups (broad SMARTS) is 1. The fourth-order valence-electron chi connectivity index (χ4n) is 2.27. The maximum atomic E-state index is 11.3. The Morgan fingerprint density at radius 2 is 1.82 bits per heavy atom. The summed E-state index contributed by atoms with van der Waals surface area (Å²) in [6.45, 7) is 0. The fraction of sp³-hybridized carbons (Fsp3) is 0. The van der Waals surface area contributed by atoms with Gasteiger partial charge in [-0.3, -0.25) is 10.1 Å². The van der Waals surface area contributed by atoms with Gasteiger partial charge in [-0.25, -0.2) is 4.98 Å². The molecule has 0 aliphatic rings. The van der Waals surface area contributed by atoms with Gasteiger partial charge >= 0.3 is 0 Å². The molecule has 0 N–H and O–H groups in total. The van der Waals surface area contributed by atoms with Gasteiger partial charge in [-0.1, -0.05) is 30.3 Å². The summed E-state index contributed by atoms with van der Waals surface area (Å²) in [5.41, 5.74) is 1.24. The van der Waals surface area contributed by atoms with E-state index in [0.29, 0.717) is 22.2 Å². The van der Waals surface area contributed by atoms with Crippen molar-refractivity contribution in [2.45, 2.75) is 0 Å². The van der Waals surface area contributed by atoms with Crippen LogP contribution in [0.2, 0.25) is 0 Å². The van der Waals surface area contributed by atoms with Crippen molar-refractivity contribution < 1.29 is 14.8 Å². The number of nitro benzene ring substituents is 1. The molecule has 0 saturated heterocycles. The molecule has 0 unspecified atom stereocenters. The highest BCUT2D eigenvalue weighted by Crippen LogP contribution is 2.26. The van der Waals surface area contributed by atoms with Crippen LogP contribution in [0, 0.1) is 10.1 Å². The van der Waals surface area contributed by atoms with E-state index < -0.39 is 10.9 Å². The second-order valence-corrected chi connectivity index (χ2v) is 4.67. The van der Waals surface area contributed by atoms with Gasteiger partial charge in [0.05, 0.1) is 22.1 Å². The monoisotopic (exact) mass is 293 g/mol. The number of pyridine rings is 1. The summed E-state index contributed by atoms with van der Waals surface area (Å²) in [4.78, 5) is 26.0. The smallest absolute Gasteiger partial charge is 0.270 e. The number of para-hydroxylation sites is 1. The molecule has 1 heterocycles. The molecule has 0 bridgehead atoms. The Morgan fingerprint density at radius 3 is 2.55 bits per heavy atom. The van der Waals surface area contributed by atoms with Crippen molar-refractivity contribution >= 4 is 22.6 Å². The van der Waals surface area contributed by atoms with E-state index in [1.807, 2.05) is 0 Å². The number of benzene rings is 2. The molecule has 3 aromatic rings. The SMILES string of the molecule is O=C([O-])c1cc(-c2cccc([N+](=O)[O-])c2)nc2ccccc12. The molecule has 1 aromatic heterocycles. The van der Waals surface area contributed by atoms with Crippen LogP contribution in [-0.4, -0.2) is 15.9 Å². The summed E-state index contributed by atoms with van der Waals surface area (Å²) in [7, 11) is 0. The van der Waals surface area contributed by atoms with Gasteiger partial charge in [-0.15, -0.1) is 0 Å². The van der Waals surface area contributed by atoms with Gasteiger partial charge in [-0.05, 0) is 12.1 Å². The molecule has 6 heteroatoms. The lowest BCUT2D eigenvalue weighted by Crippen LogP contribution is -2.22. The first-order chi connectivity index (χ1) is 10.6. The van der Waals surface area contributed by atoms with Crippen molar-refractivity contribution in [3.05, 3.63) is 70.3 Å². The maximum Gasteiger partial charge on any atom is 0.270 e. The van der Waals surface area contributed by atoms with E-state index in [4.69, 9.17) is 0 Å². The van der Waals surface area contributed by atoms with Crippen LogP contribution in [0.25, 0.3) is 22.2 Å². The normalized spacial score (nSPS) is 10.5. The van der Waals surface area contributed by atoms with Gasteiger partial charge in [0.2, 0.25) is 0 Å². The molecule has 0 atom stereocenters. The lowest BCUT2D eigenvalue weighted by atomic mass is 10.0. The van der Waals surface area contributed by atoms with Crippen LogP contribution in [0.1, 0.15) is 10.4 Å². The Labute approximate surface area is 124 Å². The molecule has 0 aliphatic heterocycles. The Balaban J connectivity index is 2.25. The number of hydrogen-bond acceptors (Lipinski definition) is 5. The molecule has 0 spiro atoms. The number of nitrogens with zero attached hydrogens (tertiary/aromatic N) is 2. The topological polar surface area (TPSA) is 96.2 Å². The summed E-state index contributed by atoms with van der Waals surface area (Å²) < 4.78 is 0. The Morgan fingerprint density at radius 1 is 1.05 bits per heavy atom. The molecule has 0 radical (unpaired) electrons. The van der Waals surface area contributed by atoms with Gasteiger partial charge in [0.1, 0.15) is 0 Å². The lowest BCUT2D eigenvalue weighted by molar-refractivity contribution is -0.384. The molecule has 0 fully saturated rings. The lowest BCUT2D eigenvalue weighted by Gasteiger charge is -2.10. The third-order valence-electron chi connectivity index (χ3n) is 3.29. The first-order valence-corrected chi connectivity index (χ1v) is 6.42. The molecule has 0 saturated carbocycles. The number of carbonyl (C=O) groups is 1. The van der Waals surface area contributed by atoms with Gasteiger partial charge in [0.15, 0.2) is 0 Å². The molecule has 0 amide bonds. The third kappa shape index (κ3) is 2.37. The highest BCUT2D eigenvalue weighted by molar-refractivity contribution is 6.02. The van der Waals surface area contributed by atoms with Crippen molar-refractivity contribution in [1.82, 2.24) is 4.98 Å². The number of aromatic carboxylic acids is 1. The van der Waals surface area contributed by atoms with E-state index in [0.717, 1.165) is 0 Å². The first kappa shape index (κ1) is 13.7. The van der Waals surface area contributed by atoms with Crippen LogP contribution in [0.5, 0.6) is 0 Å². The van der Waals surface area contributed by atoms with Crippen molar-refractivity contribution in [1.29, 1.82) is 0 Å². The zero-order chi connectivity index (χ0) is 15.7. The Kier molecular flexibility index (Phi) is 3.27. The second-order valence-electron chi connectivity index (χ2n) is 4.67. The van der Waals surface area contributed by atoms with Crippen molar-refractivity contribution in [3.8, 4) is 11.3 Å². The number of non-ortho nitro benzene ring substituents is 1. The molecule has 2 aromatic carbocycles. The summed E-state index contributed by atoms with van der Waals surface area (Å²) >= 11 is 0. The van der Waals surface area contributed by atoms with E-state index in [9.17, 15) is 20.0 Å². The molecule has 3 rings (SSSR count). The molecular formula is C16H9N2O4-. The molecule has 22 heavy (non-hydrogen) atoms. The van der Waals surface area contributed by atoms with Crippen molar-refractivity contribution in [2.75, 3.05) is 0 Å². The highest BCUT2D eigenvalue weighted by atomic mass is 16.6. The first-order valence-electron chi connectivity index (χ1n) is 6.42. The fourth-order valence-corrected chi connectivity index (χ4v) is 2.27. The third-order valence-corrected chi connectivity index (χ3v) is 3.29. The maximum absolute atomic E-state index is 11.3. The van der Waals surface area contributed by atoms with E-state index >= 15 is 0 Å². The quantitative estimate of drug-likeness (QED) is 0.544. The number of rotatable bonds is 3. The zero-order valence-electron chi connectivity index (χ0n) is 11.2. The molecular weight excluding hydrogens is 284 g/mol. The summed E-state index contributed by atoms with van der Waals surface area (Å²) in [6, 6.07) is 14.0. The minimum atomic E-state index is -1.31.